The van der Waals surface area contributed by atoms with Gasteiger partial charge in [0.1, 0.15) is 5.60 Å². The number of sulfonamides is 1. The highest BCUT2D eigenvalue weighted by atomic mass is 32.2. The highest BCUT2D eigenvalue weighted by molar-refractivity contribution is 7.93. The van der Waals surface area contributed by atoms with E-state index in [1.807, 2.05) is 26.8 Å². The number of carbonyl (C=O) groups excluding carboxylic acids is 1. The SMILES string of the molecule is CC(C)(C)OC(=O)NC1CCN(S(=O)(=O)C2=CC=CC2)CC1. The zero-order chi connectivity index (χ0) is 16.4. The third-order valence-corrected chi connectivity index (χ3v) is 5.59. The van der Waals surface area contributed by atoms with Gasteiger partial charge in [-0.05, 0) is 39.7 Å². The lowest BCUT2D eigenvalue weighted by molar-refractivity contribution is 0.0489. The third-order valence-electron chi connectivity index (χ3n) is 3.58. The second-order valence-electron chi connectivity index (χ2n) is 6.59. The van der Waals surface area contributed by atoms with Crippen molar-refractivity contribution < 1.29 is 17.9 Å². The average molecular weight is 328 g/mol. The van der Waals surface area contributed by atoms with Crippen LogP contribution in [0.3, 0.4) is 0 Å². The second-order valence-corrected chi connectivity index (χ2v) is 8.58. The van der Waals surface area contributed by atoms with Crippen molar-refractivity contribution in [2.75, 3.05) is 13.1 Å². The molecule has 0 aromatic carbocycles. The summed E-state index contributed by atoms with van der Waals surface area (Å²) in [4.78, 5) is 12.2. The molecule has 1 amide bonds. The standard InChI is InChI=1S/C15H24N2O4S/c1-15(2,3)21-14(18)16-12-8-10-17(11-9-12)22(19,20)13-6-4-5-7-13/h4-6,12H,7-11H2,1-3H3,(H,16,18). The number of alkyl carbamates (subject to hydrolysis) is 1. The maximum absolute atomic E-state index is 12.4. The molecule has 1 saturated heterocycles. The molecule has 1 aliphatic carbocycles. The molecule has 0 atom stereocenters. The van der Waals surface area contributed by atoms with E-state index < -0.39 is 21.7 Å². The zero-order valence-electron chi connectivity index (χ0n) is 13.3. The number of hydrogen-bond donors (Lipinski definition) is 1. The molecule has 0 bridgehead atoms. The molecule has 1 N–H and O–H groups in total. The maximum atomic E-state index is 12.4. The molecule has 2 rings (SSSR count). The van der Waals surface area contributed by atoms with E-state index in [0.29, 0.717) is 37.3 Å². The van der Waals surface area contributed by atoms with E-state index in [1.54, 1.807) is 12.2 Å². The van der Waals surface area contributed by atoms with Crippen molar-refractivity contribution in [2.24, 2.45) is 0 Å². The molecule has 0 aromatic rings. The van der Waals surface area contributed by atoms with Crippen LogP contribution in [-0.4, -0.2) is 43.5 Å². The summed E-state index contributed by atoms with van der Waals surface area (Å²) >= 11 is 0. The van der Waals surface area contributed by atoms with E-state index in [1.165, 1.54) is 4.31 Å². The van der Waals surface area contributed by atoms with Crippen LogP contribution < -0.4 is 5.32 Å². The Morgan fingerprint density at radius 1 is 1.32 bits per heavy atom. The highest BCUT2D eigenvalue weighted by Gasteiger charge is 2.31. The Bertz CT molecular complexity index is 579. The quantitative estimate of drug-likeness (QED) is 0.861. The van der Waals surface area contributed by atoms with E-state index in [0.717, 1.165) is 0 Å². The summed E-state index contributed by atoms with van der Waals surface area (Å²) in [5, 5.41) is 2.81. The lowest BCUT2D eigenvalue weighted by atomic mass is 10.1. The van der Waals surface area contributed by atoms with Gasteiger partial charge in [0.2, 0.25) is 10.0 Å². The summed E-state index contributed by atoms with van der Waals surface area (Å²) in [5.74, 6) is 0. The van der Waals surface area contributed by atoms with Crippen LogP contribution in [0.1, 0.15) is 40.0 Å². The maximum Gasteiger partial charge on any atom is 0.407 e. The van der Waals surface area contributed by atoms with Crippen LogP contribution in [0.4, 0.5) is 4.79 Å². The molecular weight excluding hydrogens is 304 g/mol. The van der Waals surface area contributed by atoms with Crippen molar-refractivity contribution in [3.63, 3.8) is 0 Å². The van der Waals surface area contributed by atoms with Gasteiger partial charge in [-0.3, -0.25) is 0 Å². The summed E-state index contributed by atoms with van der Waals surface area (Å²) in [6, 6.07) is -0.0445. The molecule has 6 nitrogen and oxygen atoms in total. The van der Waals surface area contributed by atoms with Crippen molar-refractivity contribution in [1.29, 1.82) is 0 Å². The topological polar surface area (TPSA) is 75.7 Å². The first-order valence-electron chi connectivity index (χ1n) is 7.54. The number of hydrogen-bond acceptors (Lipinski definition) is 4. The highest BCUT2D eigenvalue weighted by Crippen LogP contribution is 2.24. The summed E-state index contributed by atoms with van der Waals surface area (Å²) in [6.07, 6.45) is 6.47. The van der Waals surface area contributed by atoms with Crippen LogP contribution in [0.2, 0.25) is 0 Å². The van der Waals surface area contributed by atoms with E-state index in [9.17, 15) is 13.2 Å². The van der Waals surface area contributed by atoms with Crippen molar-refractivity contribution in [2.45, 2.75) is 51.7 Å². The number of rotatable bonds is 3. The minimum Gasteiger partial charge on any atom is -0.444 e. The summed E-state index contributed by atoms with van der Waals surface area (Å²) in [6.45, 7) is 6.27. The fraction of sp³-hybridized carbons (Fsp3) is 0.667. The lowest BCUT2D eigenvalue weighted by Crippen LogP contribution is -2.47. The number of ether oxygens (including phenoxy) is 1. The second kappa shape index (κ2) is 6.42. The molecule has 0 radical (unpaired) electrons. The van der Waals surface area contributed by atoms with Crippen molar-refractivity contribution in [3.8, 4) is 0 Å². The Labute approximate surface area is 132 Å². The average Bonchev–Trinajstić information content (AvgIpc) is 2.91. The van der Waals surface area contributed by atoms with Gasteiger partial charge in [0.25, 0.3) is 0 Å². The van der Waals surface area contributed by atoms with E-state index in [-0.39, 0.29) is 6.04 Å². The van der Waals surface area contributed by atoms with Gasteiger partial charge in [0, 0.05) is 25.6 Å². The number of piperidine rings is 1. The van der Waals surface area contributed by atoms with Gasteiger partial charge < -0.3 is 10.1 Å². The van der Waals surface area contributed by atoms with E-state index in [4.69, 9.17) is 4.74 Å². The fourth-order valence-corrected chi connectivity index (χ4v) is 4.08. The lowest BCUT2D eigenvalue weighted by Gasteiger charge is -2.32. The van der Waals surface area contributed by atoms with Gasteiger partial charge in [0.05, 0.1) is 4.91 Å². The molecule has 1 heterocycles. The van der Waals surface area contributed by atoms with E-state index >= 15 is 0 Å². The molecule has 1 fully saturated rings. The van der Waals surface area contributed by atoms with Gasteiger partial charge in [-0.2, -0.15) is 4.31 Å². The predicted molar refractivity (Wildman–Crippen MR) is 84.7 cm³/mol. The molecule has 0 saturated carbocycles. The molecule has 124 valence electrons. The Kier molecular flexibility index (Phi) is 4.97. The Morgan fingerprint density at radius 2 is 1.95 bits per heavy atom. The van der Waals surface area contributed by atoms with Crippen molar-refractivity contribution in [3.05, 3.63) is 23.1 Å². The smallest absolute Gasteiger partial charge is 0.407 e. The van der Waals surface area contributed by atoms with Gasteiger partial charge in [-0.25, -0.2) is 13.2 Å². The fourth-order valence-electron chi connectivity index (χ4n) is 2.50. The minimum absolute atomic E-state index is 0.0445. The number of allylic oxidation sites excluding steroid dienone is 4. The first kappa shape index (κ1) is 17.0. The minimum atomic E-state index is -3.35. The first-order chi connectivity index (χ1) is 10.2. The van der Waals surface area contributed by atoms with Gasteiger partial charge in [-0.15, -0.1) is 0 Å². The van der Waals surface area contributed by atoms with Crippen molar-refractivity contribution in [1.82, 2.24) is 9.62 Å². The van der Waals surface area contributed by atoms with Crippen LogP contribution >= 0.6 is 0 Å². The van der Waals surface area contributed by atoms with Crippen LogP contribution in [0, 0.1) is 0 Å². The van der Waals surface area contributed by atoms with Crippen LogP contribution in [0.5, 0.6) is 0 Å². The number of carbonyl (C=O) groups is 1. The normalized spacial score (nSPS) is 20.8. The summed E-state index contributed by atoms with van der Waals surface area (Å²) in [5.41, 5.74) is -0.532. The number of nitrogens with zero attached hydrogens (tertiary/aromatic N) is 1. The molecule has 1 aliphatic heterocycles. The van der Waals surface area contributed by atoms with Gasteiger partial charge in [0.15, 0.2) is 0 Å². The van der Waals surface area contributed by atoms with Crippen LogP contribution in [-0.2, 0) is 14.8 Å². The largest absolute Gasteiger partial charge is 0.444 e. The molecular formula is C15H24N2O4S. The number of nitrogens with one attached hydrogen (secondary N) is 1. The molecule has 0 unspecified atom stereocenters. The Balaban J connectivity index is 1.84. The Hall–Kier alpha value is -1.34. The van der Waals surface area contributed by atoms with Crippen LogP contribution in [0.25, 0.3) is 0 Å². The van der Waals surface area contributed by atoms with Crippen molar-refractivity contribution >= 4 is 16.1 Å². The molecule has 0 spiro atoms. The molecule has 0 aromatic heterocycles. The third kappa shape index (κ3) is 4.33. The molecule has 7 heteroatoms. The zero-order valence-corrected chi connectivity index (χ0v) is 14.1. The van der Waals surface area contributed by atoms with Gasteiger partial charge >= 0.3 is 6.09 Å². The molecule has 2 aliphatic rings. The number of amides is 1. The van der Waals surface area contributed by atoms with E-state index in [2.05, 4.69) is 5.32 Å². The summed E-state index contributed by atoms with van der Waals surface area (Å²) < 4.78 is 31.5. The monoisotopic (exact) mass is 328 g/mol. The molecule has 22 heavy (non-hydrogen) atoms. The predicted octanol–water partition coefficient (Wildman–Crippen LogP) is 2.15. The summed E-state index contributed by atoms with van der Waals surface area (Å²) in [7, 11) is -3.35. The van der Waals surface area contributed by atoms with Crippen LogP contribution in [0.15, 0.2) is 23.1 Å². The van der Waals surface area contributed by atoms with Gasteiger partial charge in [-0.1, -0.05) is 12.2 Å². The Morgan fingerprint density at radius 3 is 2.45 bits per heavy atom. The first-order valence-corrected chi connectivity index (χ1v) is 8.98.